The standard InChI is InChI=1S/C16H22O6/c1-21-14(4-2-3-5-15(18)19)16(20)12-6-8-13(9-7-12)22-11-10-17/h3,5-9,14,16-17,20H,2,4,10-11H2,1H3,(H,18,19)/b5-3+/t14-,16-/m1/s1. The van der Waals surface area contributed by atoms with Crippen LogP contribution in [0, 0.1) is 0 Å². The number of methoxy groups -OCH3 is 1. The van der Waals surface area contributed by atoms with E-state index in [1.54, 1.807) is 24.3 Å². The van der Waals surface area contributed by atoms with Crippen LogP contribution in [0.25, 0.3) is 0 Å². The smallest absolute Gasteiger partial charge is 0.327 e. The molecule has 0 aliphatic carbocycles. The Morgan fingerprint density at radius 2 is 2.00 bits per heavy atom. The summed E-state index contributed by atoms with van der Waals surface area (Å²) in [7, 11) is 1.51. The van der Waals surface area contributed by atoms with Gasteiger partial charge in [-0.3, -0.25) is 0 Å². The topological polar surface area (TPSA) is 96.2 Å². The largest absolute Gasteiger partial charge is 0.491 e. The quantitative estimate of drug-likeness (QED) is 0.567. The maximum absolute atomic E-state index is 10.4. The molecule has 3 N–H and O–H groups in total. The van der Waals surface area contributed by atoms with Crippen LogP contribution in [0.4, 0.5) is 0 Å². The van der Waals surface area contributed by atoms with Crippen LogP contribution in [-0.2, 0) is 9.53 Å². The molecule has 1 aromatic carbocycles. The van der Waals surface area contributed by atoms with E-state index in [-0.39, 0.29) is 13.2 Å². The highest BCUT2D eigenvalue weighted by molar-refractivity contribution is 5.79. The lowest BCUT2D eigenvalue weighted by Gasteiger charge is -2.21. The van der Waals surface area contributed by atoms with Gasteiger partial charge in [0.25, 0.3) is 0 Å². The molecule has 0 bridgehead atoms. The van der Waals surface area contributed by atoms with Gasteiger partial charge in [-0.2, -0.15) is 0 Å². The molecule has 1 rings (SSSR count). The number of carboxylic acids is 1. The third kappa shape index (κ3) is 6.26. The second-order valence-corrected chi connectivity index (χ2v) is 4.68. The molecule has 0 saturated heterocycles. The Bertz CT molecular complexity index is 468. The molecule has 0 amide bonds. The van der Waals surface area contributed by atoms with Crippen molar-refractivity contribution in [3.63, 3.8) is 0 Å². The third-order valence-corrected chi connectivity index (χ3v) is 3.11. The summed E-state index contributed by atoms with van der Waals surface area (Å²) < 4.78 is 10.5. The van der Waals surface area contributed by atoms with E-state index in [1.165, 1.54) is 13.2 Å². The van der Waals surface area contributed by atoms with Crippen molar-refractivity contribution in [3.05, 3.63) is 42.0 Å². The van der Waals surface area contributed by atoms with Gasteiger partial charge in [0, 0.05) is 13.2 Å². The normalized spacial score (nSPS) is 14.0. The molecular formula is C16H22O6. The van der Waals surface area contributed by atoms with Crippen molar-refractivity contribution in [1.82, 2.24) is 0 Å². The zero-order chi connectivity index (χ0) is 16.4. The van der Waals surface area contributed by atoms with Crippen LogP contribution in [0.2, 0.25) is 0 Å². The summed E-state index contributed by atoms with van der Waals surface area (Å²) >= 11 is 0. The second kappa shape index (κ2) is 9.94. The van der Waals surface area contributed by atoms with Gasteiger partial charge in [0.15, 0.2) is 0 Å². The molecule has 0 aliphatic rings. The maximum Gasteiger partial charge on any atom is 0.327 e. The number of aliphatic hydroxyl groups is 2. The molecule has 0 spiro atoms. The molecule has 0 heterocycles. The minimum atomic E-state index is -0.993. The highest BCUT2D eigenvalue weighted by atomic mass is 16.5. The van der Waals surface area contributed by atoms with E-state index in [2.05, 4.69) is 0 Å². The van der Waals surface area contributed by atoms with Crippen LogP contribution in [0.15, 0.2) is 36.4 Å². The maximum atomic E-state index is 10.4. The van der Waals surface area contributed by atoms with Gasteiger partial charge in [-0.05, 0) is 30.5 Å². The highest BCUT2D eigenvalue weighted by Gasteiger charge is 2.19. The molecule has 0 unspecified atom stereocenters. The van der Waals surface area contributed by atoms with Gasteiger partial charge in [-0.1, -0.05) is 18.2 Å². The minimum Gasteiger partial charge on any atom is -0.491 e. The van der Waals surface area contributed by atoms with Crippen LogP contribution in [0.5, 0.6) is 5.75 Å². The lowest BCUT2D eigenvalue weighted by molar-refractivity contribution is -0.131. The summed E-state index contributed by atoms with van der Waals surface area (Å²) in [5.41, 5.74) is 0.686. The van der Waals surface area contributed by atoms with Crippen molar-refractivity contribution in [2.45, 2.75) is 25.0 Å². The fourth-order valence-corrected chi connectivity index (χ4v) is 1.99. The molecule has 1 aromatic rings. The summed E-state index contributed by atoms with van der Waals surface area (Å²) in [4.78, 5) is 10.4. The van der Waals surface area contributed by atoms with Crippen molar-refractivity contribution in [1.29, 1.82) is 0 Å². The first kappa shape index (κ1) is 18.2. The molecule has 0 radical (unpaired) electrons. The summed E-state index contributed by atoms with van der Waals surface area (Å²) in [5, 5.41) is 27.5. The molecule has 6 nitrogen and oxygen atoms in total. The molecule has 2 atom stereocenters. The number of allylic oxidation sites excluding steroid dienone is 1. The number of carbonyl (C=O) groups is 1. The van der Waals surface area contributed by atoms with Gasteiger partial charge in [0.2, 0.25) is 0 Å². The predicted molar refractivity (Wildman–Crippen MR) is 80.8 cm³/mol. The molecule has 0 aromatic heterocycles. The number of benzene rings is 1. The molecule has 0 fully saturated rings. The number of ether oxygens (including phenoxy) is 2. The highest BCUT2D eigenvalue weighted by Crippen LogP contribution is 2.24. The van der Waals surface area contributed by atoms with Crippen molar-refractivity contribution >= 4 is 5.97 Å². The Kier molecular flexibility index (Phi) is 8.21. The molecule has 22 heavy (non-hydrogen) atoms. The monoisotopic (exact) mass is 310 g/mol. The van der Waals surface area contributed by atoms with Gasteiger partial charge in [-0.15, -0.1) is 0 Å². The average molecular weight is 310 g/mol. The first-order valence-electron chi connectivity index (χ1n) is 7.02. The average Bonchev–Trinajstić information content (AvgIpc) is 2.52. The number of hydrogen-bond donors (Lipinski definition) is 3. The van der Waals surface area contributed by atoms with Crippen LogP contribution in [0.1, 0.15) is 24.5 Å². The molecule has 122 valence electrons. The number of aliphatic hydroxyl groups excluding tert-OH is 2. The Hall–Kier alpha value is -1.89. The van der Waals surface area contributed by atoms with Crippen molar-refractivity contribution < 1.29 is 29.6 Å². The summed E-state index contributed by atoms with van der Waals surface area (Å²) in [6.45, 7) is 0.165. The molecular weight excluding hydrogens is 288 g/mol. The molecule has 6 heteroatoms. The van der Waals surface area contributed by atoms with Gasteiger partial charge in [0.05, 0.1) is 12.7 Å². The van der Waals surface area contributed by atoms with E-state index in [0.29, 0.717) is 24.2 Å². The second-order valence-electron chi connectivity index (χ2n) is 4.68. The van der Waals surface area contributed by atoms with Gasteiger partial charge >= 0.3 is 5.97 Å². The zero-order valence-corrected chi connectivity index (χ0v) is 12.5. The first-order chi connectivity index (χ1) is 10.6. The van der Waals surface area contributed by atoms with Crippen molar-refractivity contribution in [2.24, 2.45) is 0 Å². The van der Waals surface area contributed by atoms with Crippen molar-refractivity contribution in [3.8, 4) is 5.75 Å². The van der Waals surface area contributed by atoms with E-state index in [9.17, 15) is 9.90 Å². The van der Waals surface area contributed by atoms with E-state index in [4.69, 9.17) is 19.7 Å². The lowest BCUT2D eigenvalue weighted by atomic mass is 10.0. The number of carboxylic acid groups (broad SMARTS) is 1. The molecule has 0 saturated carbocycles. The number of aliphatic carboxylic acids is 1. The summed E-state index contributed by atoms with van der Waals surface area (Å²) in [6.07, 6.45) is 2.38. The third-order valence-electron chi connectivity index (χ3n) is 3.11. The van der Waals surface area contributed by atoms with Crippen LogP contribution in [-0.4, -0.2) is 47.7 Å². The number of hydrogen-bond acceptors (Lipinski definition) is 5. The Balaban J connectivity index is 2.58. The lowest BCUT2D eigenvalue weighted by Crippen LogP contribution is -2.20. The Morgan fingerprint density at radius 1 is 1.32 bits per heavy atom. The van der Waals surface area contributed by atoms with Gasteiger partial charge in [-0.25, -0.2) is 4.79 Å². The predicted octanol–water partition coefficient (Wildman–Crippen LogP) is 1.53. The fraction of sp³-hybridized carbons (Fsp3) is 0.438. The summed E-state index contributed by atoms with van der Waals surface area (Å²) in [5.74, 6) is -0.378. The Labute approximate surface area is 129 Å². The van der Waals surface area contributed by atoms with Crippen molar-refractivity contribution in [2.75, 3.05) is 20.3 Å². The van der Waals surface area contributed by atoms with E-state index >= 15 is 0 Å². The van der Waals surface area contributed by atoms with Crippen LogP contribution >= 0.6 is 0 Å². The van der Waals surface area contributed by atoms with Gasteiger partial charge in [0.1, 0.15) is 18.5 Å². The van der Waals surface area contributed by atoms with E-state index < -0.39 is 18.2 Å². The fourth-order valence-electron chi connectivity index (χ4n) is 1.99. The van der Waals surface area contributed by atoms with E-state index in [0.717, 1.165) is 6.08 Å². The Morgan fingerprint density at radius 3 is 2.55 bits per heavy atom. The van der Waals surface area contributed by atoms with Crippen LogP contribution < -0.4 is 4.74 Å². The number of rotatable bonds is 10. The SMILES string of the molecule is CO[C@H](CC/C=C/C(=O)O)[C@H](O)c1ccc(OCCO)cc1. The van der Waals surface area contributed by atoms with Crippen LogP contribution in [0.3, 0.4) is 0 Å². The molecule has 0 aliphatic heterocycles. The van der Waals surface area contributed by atoms with E-state index in [1.807, 2.05) is 0 Å². The first-order valence-corrected chi connectivity index (χ1v) is 7.02. The zero-order valence-electron chi connectivity index (χ0n) is 12.5. The van der Waals surface area contributed by atoms with Gasteiger partial charge < -0.3 is 24.8 Å². The summed E-state index contributed by atoms with van der Waals surface area (Å²) in [6, 6.07) is 6.89. The minimum absolute atomic E-state index is 0.0556.